The summed E-state index contributed by atoms with van der Waals surface area (Å²) in [7, 11) is 0. The number of benzene rings is 2. The first-order valence-electron chi connectivity index (χ1n) is 8.14. The lowest BCUT2D eigenvalue weighted by Gasteiger charge is -2.25. The van der Waals surface area contributed by atoms with E-state index in [-0.39, 0.29) is 29.9 Å². The molecular formula is C20H17N3O2S. The van der Waals surface area contributed by atoms with E-state index in [4.69, 9.17) is 0 Å². The lowest BCUT2D eigenvalue weighted by Crippen LogP contribution is -2.31. The second kappa shape index (κ2) is 8.37. The van der Waals surface area contributed by atoms with E-state index in [1.807, 2.05) is 48.5 Å². The van der Waals surface area contributed by atoms with Crippen LogP contribution in [0.3, 0.4) is 0 Å². The van der Waals surface area contributed by atoms with Gasteiger partial charge in [0.2, 0.25) is 11.8 Å². The standard InChI is InChI=1S/C20H17N3O2S/c21-12-17-16(14-7-3-1-4-8-14)11-18(24)23-20(17)26-13-19(25)22-15-9-5-2-6-10-15/h1-10,16H,11,13H2,(H,22,25)(H,23,24)/t16-/m0/s1. The number of nitrogens with zero attached hydrogens (tertiary/aromatic N) is 1. The second-order valence-corrected chi connectivity index (χ2v) is 6.76. The van der Waals surface area contributed by atoms with E-state index in [0.29, 0.717) is 16.3 Å². The van der Waals surface area contributed by atoms with Crippen LogP contribution in [0.25, 0.3) is 0 Å². The van der Waals surface area contributed by atoms with E-state index in [0.717, 1.165) is 5.56 Å². The maximum atomic E-state index is 12.1. The molecule has 0 spiro atoms. The molecule has 1 aliphatic rings. The molecule has 1 aliphatic heterocycles. The fraction of sp³-hybridized carbons (Fsp3) is 0.150. The van der Waals surface area contributed by atoms with Crippen LogP contribution in [-0.2, 0) is 9.59 Å². The average Bonchev–Trinajstić information content (AvgIpc) is 2.67. The Hall–Kier alpha value is -3.04. The third-order valence-electron chi connectivity index (χ3n) is 3.96. The number of anilines is 1. The predicted molar refractivity (Wildman–Crippen MR) is 102 cm³/mol. The highest BCUT2D eigenvalue weighted by Crippen LogP contribution is 2.35. The fourth-order valence-corrected chi connectivity index (χ4v) is 3.64. The summed E-state index contributed by atoms with van der Waals surface area (Å²) in [5, 5.41) is 15.6. The van der Waals surface area contributed by atoms with Gasteiger partial charge in [0.25, 0.3) is 0 Å². The predicted octanol–water partition coefficient (Wildman–Crippen LogP) is 3.40. The average molecular weight is 363 g/mol. The van der Waals surface area contributed by atoms with Crippen molar-refractivity contribution < 1.29 is 9.59 Å². The molecule has 130 valence electrons. The maximum Gasteiger partial charge on any atom is 0.234 e. The van der Waals surface area contributed by atoms with Gasteiger partial charge in [0.05, 0.1) is 22.4 Å². The highest BCUT2D eigenvalue weighted by Gasteiger charge is 2.29. The number of thioether (sulfide) groups is 1. The van der Waals surface area contributed by atoms with Gasteiger partial charge in [-0.15, -0.1) is 0 Å². The summed E-state index contributed by atoms with van der Waals surface area (Å²) in [6, 6.07) is 20.8. The summed E-state index contributed by atoms with van der Waals surface area (Å²) in [6.07, 6.45) is 0.229. The zero-order valence-electron chi connectivity index (χ0n) is 13.9. The second-order valence-electron chi connectivity index (χ2n) is 5.77. The van der Waals surface area contributed by atoms with Gasteiger partial charge in [0.15, 0.2) is 0 Å². The number of carbonyl (C=O) groups is 2. The molecule has 2 aromatic carbocycles. The fourth-order valence-electron chi connectivity index (χ4n) is 2.76. The van der Waals surface area contributed by atoms with Gasteiger partial charge in [-0.1, -0.05) is 60.3 Å². The van der Waals surface area contributed by atoms with Crippen LogP contribution in [0.1, 0.15) is 17.9 Å². The lowest BCUT2D eigenvalue weighted by atomic mass is 9.87. The van der Waals surface area contributed by atoms with Crippen LogP contribution in [0.2, 0.25) is 0 Å². The van der Waals surface area contributed by atoms with Crippen LogP contribution in [0, 0.1) is 11.3 Å². The number of nitrogens with one attached hydrogen (secondary N) is 2. The van der Waals surface area contributed by atoms with Crippen molar-refractivity contribution in [1.29, 1.82) is 5.26 Å². The highest BCUT2D eigenvalue weighted by atomic mass is 32.2. The molecule has 6 heteroatoms. The van der Waals surface area contributed by atoms with E-state index in [1.54, 1.807) is 12.1 Å². The number of allylic oxidation sites excluding steroid dienone is 1. The molecule has 0 bridgehead atoms. The third kappa shape index (κ3) is 4.32. The van der Waals surface area contributed by atoms with E-state index >= 15 is 0 Å². The Kier molecular flexibility index (Phi) is 5.72. The molecule has 0 aliphatic carbocycles. The van der Waals surface area contributed by atoms with Crippen molar-refractivity contribution in [3.8, 4) is 6.07 Å². The number of nitriles is 1. The smallest absolute Gasteiger partial charge is 0.234 e. The van der Waals surface area contributed by atoms with Crippen LogP contribution in [0.4, 0.5) is 5.69 Å². The van der Waals surface area contributed by atoms with E-state index in [9.17, 15) is 14.9 Å². The zero-order valence-corrected chi connectivity index (χ0v) is 14.8. The summed E-state index contributed by atoms with van der Waals surface area (Å²) >= 11 is 1.17. The molecule has 1 atom stereocenters. The Morgan fingerprint density at radius 3 is 2.46 bits per heavy atom. The Balaban J connectivity index is 1.74. The maximum absolute atomic E-state index is 12.1. The minimum absolute atomic E-state index is 0.108. The number of hydrogen-bond donors (Lipinski definition) is 2. The van der Waals surface area contributed by atoms with Gasteiger partial charge in [-0.25, -0.2) is 0 Å². The third-order valence-corrected chi connectivity index (χ3v) is 4.98. The van der Waals surface area contributed by atoms with Crippen molar-refractivity contribution in [3.63, 3.8) is 0 Å². The van der Waals surface area contributed by atoms with Gasteiger partial charge < -0.3 is 10.6 Å². The van der Waals surface area contributed by atoms with Gasteiger partial charge in [-0.05, 0) is 17.7 Å². The van der Waals surface area contributed by atoms with Crippen molar-refractivity contribution in [2.75, 3.05) is 11.1 Å². The monoisotopic (exact) mass is 363 g/mol. The van der Waals surface area contributed by atoms with Crippen molar-refractivity contribution in [2.24, 2.45) is 0 Å². The van der Waals surface area contributed by atoms with Gasteiger partial charge in [-0.3, -0.25) is 9.59 Å². The molecular weight excluding hydrogens is 346 g/mol. The summed E-state index contributed by atoms with van der Waals surface area (Å²) in [6.45, 7) is 0. The van der Waals surface area contributed by atoms with Crippen molar-refractivity contribution in [2.45, 2.75) is 12.3 Å². The molecule has 2 amide bonds. The summed E-state index contributed by atoms with van der Waals surface area (Å²) < 4.78 is 0. The van der Waals surface area contributed by atoms with Gasteiger partial charge >= 0.3 is 0 Å². The minimum Gasteiger partial charge on any atom is -0.325 e. The zero-order chi connectivity index (χ0) is 18.4. The molecule has 2 aromatic rings. The van der Waals surface area contributed by atoms with Crippen molar-refractivity contribution in [1.82, 2.24) is 5.32 Å². The number of para-hydroxylation sites is 1. The molecule has 5 nitrogen and oxygen atoms in total. The highest BCUT2D eigenvalue weighted by molar-refractivity contribution is 8.03. The van der Waals surface area contributed by atoms with E-state index < -0.39 is 0 Å². The largest absolute Gasteiger partial charge is 0.325 e. The molecule has 0 fully saturated rings. The quantitative estimate of drug-likeness (QED) is 0.853. The first-order valence-corrected chi connectivity index (χ1v) is 9.12. The Morgan fingerprint density at radius 2 is 1.81 bits per heavy atom. The van der Waals surface area contributed by atoms with Crippen LogP contribution in [0.15, 0.2) is 71.3 Å². The molecule has 3 rings (SSSR count). The lowest BCUT2D eigenvalue weighted by molar-refractivity contribution is -0.121. The van der Waals surface area contributed by atoms with Crippen LogP contribution in [0.5, 0.6) is 0 Å². The normalized spacial score (nSPS) is 16.6. The number of carbonyl (C=O) groups excluding carboxylic acids is 2. The molecule has 2 N–H and O–H groups in total. The van der Waals surface area contributed by atoms with Crippen LogP contribution in [-0.4, -0.2) is 17.6 Å². The number of hydrogen-bond acceptors (Lipinski definition) is 4. The van der Waals surface area contributed by atoms with Crippen LogP contribution < -0.4 is 10.6 Å². The molecule has 0 saturated heterocycles. The van der Waals surface area contributed by atoms with E-state index in [2.05, 4.69) is 16.7 Å². The molecule has 0 saturated carbocycles. The Morgan fingerprint density at radius 1 is 1.15 bits per heavy atom. The van der Waals surface area contributed by atoms with Crippen LogP contribution >= 0.6 is 11.8 Å². The van der Waals surface area contributed by atoms with Gasteiger partial charge in [0, 0.05) is 18.0 Å². The van der Waals surface area contributed by atoms with Crippen molar-refractivity contribution >= 4 is 29.3 Å². The molecule has 1 heterocycles. The first-order chi connectivity index (χ1) is 12.7. The van der Waals surface area contributed by atoms with Gasteiger partial charge in [-0.2, -0.15) is 5.26 Å². The minimum atomic E-state index is -0.283. The number of rotatable bonds is 5. The molecule has 26 heavy (non-hydrogen) atoms. The Labute approximate surface area is 156 Å². The SMILES string of the molecule is N#CC1=C(SCC(=O)Nc2ccccc2)NC(=O)C[C@H]1c1ccccc1. The molecule has 0 radical (unpaired) electrons. The van der Waals surface area contributed by atoms with E-state index in [1.165, 1.54) is 11.8 Å². The van der Waals surface area contributed by atoms with Crippen molar-refractivity contribution in [3.05, 3.63) is 76.8 Å². The number of amides is 2. The van der Waals surface area contributed by atoms with Gasteiger partial charge in [0.1, 0.15) is 0 Å². The molecule has 0 aromatic heterocycles. The Bertz CT molecular complexity index is 873. The topological polar surface area (TPSA) is 82.0 Å². The first kappa shape index (κ1) is 17.8. The summed E-state index contributed by atoms with van der Waals surface area (Å²) in [4.78, 5) is 24.2. The summed E-state index contributed by atoms with van der Waals surface area (Å²) in [5.41, 5.74) is 2.13. The molecule has 0 unspecified atom stereocenters. The summed E-state index contributed by atoms with van der Waals surface area (Å²) in [5.74, 6) is -0.516.